The van der Waals surface area contributed by atoms with Gasteiger partial charge in [0.2, 0.25) is 6.79 Å². The van der Waals surface area contributed by atoms with E-state index in [1.807, 2.05) is 6.07 Å². The fraction of sp³-hybridized carbons (Fsp3) is 0.429. The molecule has 0 amide bonds. The lowest BCUT2D eigenvalue weighted by Crippen LogP contribution is -2.26. The summed E-state index contributed by atoms with van der Waals surface area (Å²) in [4.78, 5) is 0. The molecule has 0 saturated heterocycles. The Morgan fingerprint density at radius 1 is 1.16 bits per heavy atom. The van der Waals surface area contributed by atoms with E-state index in [1.54, 1.807) is 7.11 Å². The van der Waals surface area contributed by atoms with Crippen LogP contribution in [0, 0.1) is 0 Å². The van der Waals surface area contributed by atoms with Gasteiger partial charge in [0.25, 0.3) is 0 Å². The van der Waals surface area contributed by atoms with Gasteiger partial charge < -0.3 is 19.5 Å². The average Bonchev–Trinajstić information content (AvgIpc) is 3.12. The number of benzene rings is 2. The minimum Gasteiger partial charge on any atom is -0.496 e. The molecule has 4 heteroatoms. The Balaban J connectivity index is 1.32. The van der Waals surface area contributed by atoms with Crippen molar-refractivity contribution >= 4 is 0 Å². The monoisotopic (exact) mass is 339 g/mol. The summed E-state index contributed by atoms with van der Waals surface area (Å²) < 4.78 is 16.3. The smallest absolute Gasteiger partial charge is 0.231 e. The molecule has 0 spiro atoms. The van der Waals surface area contributed by atoms with E-state index in [9.17, 15) is 0 Å². The van der Waals surface area contributed by atoms with Crippen molar-refractivity contribution in [3.05, 3.63) is 53.1 Å². The second kappa shape index (κ2) is 7.36. The Morgan fingerprint density at radius 2 is 2.08 bits per heavy atom. The van der Waals surface area contributed by atoms with Crippen LogP contribution in [0.3, 0.4) is 0 Å². The lowest BCUT2D eigenvalue weighted by molar-refractivity contribution is 0.174. The maximum Gasteiger partial charge on any atom is 0.231 e. The molecule has 1 atom stereocenters. The van der Waals surface area contributed by atoms with Gasteiger partial charge in [-0.15, -0.1) is 0 Å². The standard InChI is InChI=1S/C21H25NO3/c1-23-19-7-3-5-17-16(4-2-6-18(17)19)13-22-11-10-15-8-9-20-21(12-15)25-14-24-20/h3,5,7-9,12,16,22H,2,4,6,10-11,13-14H2,1H3/t16-/m0/s1. The summed E-state index contributed by atoms with van der Waals surface area (Å²) in [5, 5.41) is 3.64. The lowest BCUT2D eigenvalue weighted by atomic mass is 9.82. The van der Waals surface area contributed by atoms with Crippen LogP contribution in [0.25, 0.3) is 0 Å². The van der Waals surface area contributed by atoms with Crippen molar-refractivity contribution in [1.82, 2.24) is 5.32 Å². The van der Waals surface area contributed by atoms with Crippen LogP contribution in [0.5, 0.6) is 17.2 Å². The molecule has 2 aliphatic rings. The van der Waals surface area contributed by atoms with Gasteiger partial charge in [-0.25, -0.2) is 0 Å². The van der Waals surface area contributed by atoms with Crippen molar-refractivity contribution in [3.8, 4) is 17.2 Å². The summed E-state index contributed by atoms with van der Waals surface area (Å²) in [6, 6.07) is 12.7. The Bertz CT molecular complexity index is 744. The number of hydrogen-bond acceptors (Lipinski definition) is 4. The van der Waals surface area contributed by atoms with Crippen LogP contribution >= 0.6 is 0 Å². The molecule has 0 bridgehead atoms. The predicted octanol–water partition coefficient (Wildman–Crippen LogP) is 3.68. The van der Waals surface area contributed by atoms with E-state index in [0.29, 0.717) is 12.7 Å². The van der Waals surface area contributed by atoms with Gasteiger partial charge in [-0.1, -0.05) is 18.2 Å². The van der Waals surface area contributed by atoms with Crippen LogP contribution < -0.4 is 19.5 Å². The lowest BCUT2D eigenvalue weighted by Gasteiger charge is -2.27. The third-order valence-electron chi connectivity index (χ3n) is 5.23. The molecule has 1 N–H and O–H groups in total. The molecule has 0 radical (unpaired) electrons. The summed E-state index contributed by atoms with van der Waals surface area (Å²) in [6.07, 6.45) is 4.61. The number of methoxy groups -OCH3 is 1. The molecule has 0 aromatic heterocycles. The third kappa shape index (κ3) is 3.45. The van der Waals surface area contributed by atoms with E-state index < -0.39 is 0 Å². The molecule has 132 valence electrons. The van der Waals surface area contributed by atoms with Crippen LogP contribution in [0.2, 0.25) is 0 Å². The molecular weight excluding hydrogens is 314 g/mol. The van der Waals surface area contributed by atoms with Crippen molar-refractivity contribution in [2.45, 2.75) is 31.6 Å². The van der Waals surface area contributed by atoms with Gasteiger partial charge in [-0.3, -0.25) is 0 Å². The number of fused-ring (bicyclic) bond motifs is 2. The van der Waals surface area contributed by atoms with Gasteiger partial charge in [0.05, 0.1) is 7.11 Å². The van der Waals surface area contributed by atoms with E-state index in [-0.39, 0.29) is 0 Å². The molecule has 2 aromatic rings. The van der Waals surface area contributed by atoms with Crippen molar-refractivity contribution in [3.63, 3.8) is 0 Å². The molecule has 0 fully saturated rings. The average molecular weight is 339 g/mol. The molecule has 25 heavy (non-hydrogen) atoms. The maximum atomic E-state index is 5.54. The van der Waals surface area contributed by atoms with Gasteiger partial charge in [0.1, 0.15) is 5.75 Å². The summed E-state index contributed by atoms with van der Waals surface area (Å²) in [5.74, 6) is 3.34. The number of ether oxygens (including phenoxy) is 3. The summed E-state index contributed by atoms with van der Waals surface area (Å²) >= 11 is 0. The Morgan fingerprint density at radius 3 is 3.00 bits per heavy atom. The molecule has 1 aliphatic carbocycles. The third-order valence-corrected chi connectivity index (χ3v) is 5.23. The molecule has 4 nitrogen and oxygen atoms in total. The summed E-state index contributed by atoms with van der Waals surface area (Å²) in [5.41, 5.74) is 4.14. The van der Waals surface area contributed by atoms with Crippen LogP contribution in [0.1, 0.15) is 35.4 Å². The number of rotatable bonds is 6. The van der Waals surface area contributed by atoms with Gasteiger partial charge in [0.15, 0.2) is 11.5 Å². The number of hydrogen-bond donors (Lipinski definition) is 1. The first kappa shape index (κ1) is 16.3. The van der Waals surface area contributed by atoms with Gasteiger partial charge in [-0.05, 0) is 73.0 Å². The second-order valence-electron chi connectivity index (χ2n) is 6.76. The highest BCUT2D eigenvalue weighted by molar-refractivity contribution is 5.45. The second-order valence-corrected chi connectivity index (χ2v) is 6.76. The fourth-order valence-electron chi connectivity index (χ4n) is 3.92. The van der Waals surface area contributed by atoms with E-state index in [0.717, 1.165) is 43.2 Å². The SMILES string of the molecule is COc1cccc2c1CCC[C@H]2CNCCc1ccc2c(c1)OCO2. The molecular formula is C21H25NO3. The summed E-state index contributed by atoms with van der Waals surface area (Å²) in [7, 11) is 1.77. The van der Waals surface area contributed by atoms with Crippen LogP contribution in [-0.2, 0) is 12.8 Å². The first-order valence-corrected chi connectivity index (χ1v) is 9.10. The Hall–Kier alpha value is -2.20. The van der Waals surface area contributed by atoms with Gasteiger partial charge >= 0.3 is 0 Å². The van der Waals surface area contributed by atoms with Gasteiger partial charge in [0, 0.05) is 6.54 Å². The van der Waals surface area contributed by atoms with Crippen molar-refractivity contribution < 1.29 is 14.2 Å². The van der Waals surface area contributed by atoms with E-state index in [1.165, 1.54) is 29.5 Å². The zero-order valence-corrected chi connectivity index (χ0v) is 14.7. The molecule has 0 saturated carbocycles. The molecule has 0 unspecified atom stereocenters. The minimum absolute atomic E-state index is 0.335. The first-order valence-electron chi connectivity index (χ1n) is 9.10. The van der Waals surface area contributed by atoms with Crippen LogP contribution in [0.4, 0.5) is 0 Å². The zero-order chi connectivity index (χ0) is 17.1. The van der Waals surface area contributed by atoms with Crippen LogP contribution in [-0.4, -0.2) is 27.0 Å². The van der Waals surface area contributed by atoms with Crippen molar-refractivity contribution in [1.29, 1.82) is 0 Å². The molecule has 2 aromatic carbocycles. The predicted molar refractivity (Wildman–Crippen MR) is 97.8 cm³/mol. The highest BCUT2D eigenvalue weighted by Crippen LogP contribution is 2.36. The molecule has 1 aliphatic heterocycles. The highest BCUT2D eigenvalue weighted by Gasteiger charge is 2.22. The molecule has 1 heterocycles. The zero-order valence-electron chi connectivity index (χ0n) is 14.7. The fourth-order valence-corrected chi connectivity index (χ4v) is 3.92. The Kier molecular flexibility index (Phi) is 4.79. The Labute approximate surface area is 149 Å². The topological polar surface area (TPSA) is 39.7 Å². The van der Waals surface area contributed by atoms with E-state index in [2.05, 4.69) is 35.6 Å². The van der Waals surface area contributed by atoms with Crippen molar-refractivity contribution in [2.75, 3.05) is 27.0 Å². The minimum atomic E-state index is 0.335. The highest BCUT2D eigenvalue weighted by atomic mass is 16.7. The van der Waals surface area contributed by atoms with E-state index in [4.69, 9.17) is 14.2 Å². The maximum absolute atomic E-state index is 5.54. The van der Waals surface area contributed by atoms with E-state index >= 15 is 0 Å². The van der Waals surface area contributed by atoms with Gasteiger partial charge in [-0.2, -0.15) is 0 Å². The van der Waals surface area contributed by atoms with Crippen molar-refractivity contribution in [2.24, 2.45) is 0 Å². The first-order chi connectivity index (χ1) is 12.3. The summed E-state index contributed by atoms with van der Waals surface area (Å²) in [6.45, 7) is 2.32. The van der Waals surface area contributed by atoms with Crippen LogP contribution in [0.15, 0.2) is 36.4 Å². The quantitative estimate of drug-likeness (QED) is 0.815. The largest absolute Gasteiger partial charge is 0.496 e. The number of nitrogens with one attached hydrogen (secondary N) is 1. The molecule has 4 rings (SSSR count). The normalized spacial score (nSPS) is 18.0.